The van der Waals surface area contributed by atoms with E-state index < -0.39 is 0 Å². The number of nitriles is 2. The van der Waals surface area contributed by atoms with Gasteiger partial charge in [-0.1, -0.05) is 91.0 Å². The highest BCUT2D eigenvalue weighted by Gasteiger charge is 2.19. The minimum absolute atomic E-state index is 0.605. The molecule has 55 heavy (non-hydrogen) atoms. The number of hydrogen-bond acceptors (Lipinski definition) is 2. The molecule has 3 heterocycles. The van der Waals surface area contributed by atoms with Crippen molar-refractivity contribution in [3.8, 4) is 40.3 Å². The molecule has 0 atom stereocenters. The third-order valence-corrected chi connectivity index (χ3v) is 11.1. The molecule has 0 N–H and O–H groups in total. The number of fused-ring (bicyclic) bond motifs is 9. The molecule has 254 valence electrons. The van der Waals surface area contributed by atoms with Crippen molar-refractivity contribution in [3.05, 3.63) is 187 Å². The summed E-state index contributed by atoms with van der Waals surface area (Å²) in [6.07, 6.45) is 0. The van der Waals surface area contributed by atoms with E-state index in [0.717, 1.165) is 71.8 Å². The van der Waals surface area contributed by atoms with Gasteiger partial charge in [-0.2, -0.15) is 10.5 Å². The van der Waals surface area contributed by atoms with Crippen LogP contribution in [0.2, 0.25) is 0 Å². The van der Waals surface area contributed by atoms with Crippen molar-refractivity contribution in [2.24, 2.45) is 0 Å². The van der Waals surface area contributed by atoms with Gasteiger partial charge in [-0.25, -0.2) is 0 Å². The van der Waals surface area contributed by atoms with E-state index in [1.165, 1.54) is 21.8 Å². The maximum absolute atomic E-state index is 10.5. The summed E-state index contributed by atoms with van der Waals surface area (Å²) in [7, 11) is 0. The van der Waals surface area contributed by atoms with E-state index in [4.69, 9.17) is 0 Å². The third-order valence-electron chi connectivity index (χ3n) is 11.1. The molecular formula is C50H29N5. The lowest BCUT2D eigenvalue weighted by atomic mass is 10.0. The first-order chi connectivity index (χ1) is 27.2. The van der Waals surface area contributed by atoms with Crippen molar-refractivity contribution in [3.63, 3.8) is 0 Å². The average molecular weight is 700 g/mol. The summed E-state index contributed by atoms with van der Waals surface area (Å²) in [6.45, 7) is 0. The van der Waals surface area contributed by atoms with Crippen molar-refractivity contribution in [1.29, 1.82) is 10.5 Å². The summed E-state index contributed by atoms with van der Waals surface area (Å²) < 4.78 is 6.84. The Morgan fingerprint density at radius 3 is 1.38 bits per heavy atom. The zero-order chi connectivity index (χ0) is 36.6. The van der Waals surface area contributed by atoms with E-state index in [1.54, 1.807) is 0 Å². The second kappa shape index (κ2) is 11.8. The Hall–Kier alpha value is -7.86. The van der Waals surface area contributed by atoms with Gasteiger partial charge in [-0.05, 0) is 96.1 Å². The molecule has 0 spiro atoms. The summed E-state index contributed by atoms with van der Waals surface area (Å²) in [5.41, 5.74) is 12.9. The van der Waals surface area contributed by atoms with E-state index in [9.17, 15) is 10.5 Å². The zero-order valence-electron chi connectivity index (χ0n) is 29.5. The largest absolute Gasteiger partial charge is 0.309 e. The summed E-state index contributed by atoms with van der Waals surface area (Å²) >= 11 is 0. The monoisotopic (exact) mass is 699 g/mol. The molecule has 5 nitrogen and oxygen atoms in total. The van der Waals surface area contributed by atoms with E-state index in [0.29, 0.717) is 11.1 Å². The molecule has 5 heteroatoms. The Balaban J connectivity index is 1.07. The van der Waals surface area contributed by atoms with Gasteiger partial charge in [0.15, 0.2) is 0 Å². The highest BCUT2D eigenvalue weighted by Crippen LogP contribution is 2.39. The van der Waals surface area contributed by atoms with E-state index in [1.807, 2.05) is 36.4 Å². The lowest BCUT2D eigenvalue weighted by Gasteiger charge is -2.14. The number of benzene rings is 8. The van der Waals surface area contributed by atoms with Crippen LogP contribution in [0.4, 0.5) is 0 Å². The summed E-state index contributed by atoms with van der Waals surface area (Å²) in [4.78, 5) is 0. The van der Waals surface area contributed by atoms with Gasteiger partial charge in [0.25, 0.3) is 0 Å². The van der Waals surface area contributed by atoms with Crippen LogP contribution in [0, 0.1) is 22.7 Å². The van der Waals surface area contributed by atoms with E-state index in [-0.39, 0.29) is 0 Å². The Labute approximate surface area is 316 Å². The molecule has 0 fully saturated rings. The smallest absolute Gasteiger partial charge is 0.101 e. The van der Waals surface area contributed by atoms with E-state index in [2.05, 4.69) is 165 Å². The normalized spacial score (nSPS) is 11.6. The average Bonchev–Trinajstić information content (AvgIpc) is 3.88. The van der Waals surface area contributed by atoms with Crippen molar-refractivity contribution < 1.29 is 0 Å². The molecule has 8 aromatic carbocycles. The second-order valence-corrected chi connectivity index (χ2v) is 14.0. The Bertz CT molecular complexity index is 3400. The first-order valence-electron chi connectivity index (χ1n) is 18.3. The quantitative estimate of drug-likeness (QED) is 0.184. The maximum Gasteiger partial charge on any atom is 0.101 e. The molecule has 0 amide bonds. The molecule has 11 rings (SSSR count). The zero-order valence-corrected chi connectivity index (χ0v) is 29.5. The molecule has 0 bridgehead atoms. The molecule has 0 aliphatic rings. The molecule has 0 aliphatic heterocycles. The number of nitrogens with zero attached hydrogens (tertiary/aromatic N) is 5. The number of hydrogen-bond donors (Lipinski definition) is 0. The van der Waals surface area contributed by atoms with Crippen molar-refractivity contribution >= 4 is 65.4 Å². The lowest BCUT2D eigenvalue weighted by Crippen LogP contribution is -1.99. The van der Waals surface area contributed by atoms with Gasteiger partial charge < -0.3 is 13.7 Å². The van der Waals surface area contributed by atoms with Crippen LogP contribution in [-0.2, 0) is 0 Å². The van der Waals surface area contributed by atoms with Crippen LogP contribution in [-0.4, -0.2) is 13.7 Å². The molecule has 0 unspecified atom stereocenters. The fourth-order valence-electron chi connectivity index (χ4n) is 8.67. The fourth-order valence-corrected chi connectivity index (χ4v) is 8.67. The van der Waals surface area contributed by atoms with Crippen LogP contribution in [0.1, 0.15) is 11.1 Å². The SMILES string of the molecule is N#Cc1ccc2c(c1)c1ccccc1n2-c1ccc2c(c1)c1ccccc1n2-c1cc(-c2ccc(-n3c4ccccc4c4ccccc43)cc2)ccc1C#N. The standard InChI is InChI=1S/C50H29N5/c51-30-32-17-25-48-42(27-32)40-11-3-7-15-46(40)54(48)37-24-26-49-43(29-37)41-12-4-8-16-47(41)55(49)50-28-34(18-19-35(50)31-52)33-20-22-36(23-21-33)53-44-13-5-1-9-38(44)39-10-2-6-14-45(39)53/h1-29H. The maximum atomic E-state index is 10.5. The van der Waals surface area contributed by atoms with Crippen LogP contribution in [0.3, 0.4) is 0 Å². The van der Waals surface area contributed by atoms with E-state index >= 15 is 0 Å². The summed E-state index contributed by atoms with van der Waals surface area (Å²) in [5.74, 6) is 0. The first kappa shape index (κ1) is 30.7. The lowest BCUT2D eigenvalue weighted by molar-refractivity contribution is 1.16. The van der Waals surface area contributed by atoms with Gasteiger partial charge in [0.05, 0.1) is 56.0 Å². The van der Waals surface area contributed by atoms with Gasteiger partial charge in [-0.15, -0.1) is 0 Å². The molecule has 0 saturated carbocycles. The highest BCUT2D eigenvalue weighted by molar-refractivity contribution is 6.13. The summed E-state index contributed by atoms with van der Waals surface area (Å²) in [5, 5.41) is 27.0. The van der Waals surface area contributed by atoms with Crippen LogP contribution in [0.5, 0.6) is 0 Å². The third kappa shape index (κ3) is 4.51. The minimum atomic E-state index is 0.605. The molecule has 0 saturated heterocycles. The van der Waals surface area contributed by atoms with Crippen molar-refractivity contribution in [2.45, 2.75) is 0 Å². The predicted molar refractivity (Wildman–Crippen MR) is 224 cm³/mol. The predicted octanol–water partition coefficient (Wildman–Crippen LogP) is 12.4. The van der Waals surface area contributed by atoms with Gasteiger partial charge in [0.1, 0.15) is 6.07 Å². The fraction of sp³-hybridized carbons (Fsp3) is 0. The van der Waals surface area contributed by atoms with Crippen molar-refractivity contribution in [2.75, 3.05) is 0 Å². The van der Waals surface area contributed by atoms with Gasteiger partial charge >= 0.3 is 0 Å². The molecule has 0 radical (unpaired) electrons. The molecule has 3 aromatic heterocycles. The van der Waals surface area contributed by atoms with Gasteiger partial charge in [0, 0.05) is 43.7 Å². The molecular weight excluding hydrogens is 671 g/mol. The highest BCUT2D eigenvalue weighted by atomic mass is 15.0. The second-order valence-electron chi connectivity index (χ2n) is 14.0. The molecule has 11 aromatic rings. The van der Waals surface area contributed by atoms with Crippen molar-refractivity contribution in [1.82, 2.24) is 13.7 Å². The number of para-hydroxylation sites is 4. The van der Waals surface area contributed by atoms with Gasteiger partial charge in [0.2, 0.25) is 0 Å². The minimum Gasteiger partial charge on any atom is -0.309 e. The Kier molecular flexibility index (Phi) is 6.61. The van der Waals surface area contributed by atoms with Crippen LogP contribution < -0.4 is 0 Å². The van der Waals surface area contributed by atoms with Crippen LogP contribution in [0.25, 0.3) is 93.6 Å². The van der Waals surface area contributed by atoms with Gasteiger partial charge in [-0.3, -0.25) is 0 Å². The van der Waals surface area contributed by atoms with Crippen LogP contribution >= 0.6 is 0 Å². The number of rotatable bonds is 4. The Morgan fingerprint density at radius 1 is 0.327 bits per heavy atom. The van der Waals surface area contributed by atoms with Crippen LogP contribution in [0.15, 0.2) is 176 Å². The Morgan fingerprint density at radius 2 is 0.782 bits per heavy atom. The summed E-state index contributed by atoms with van der Waals surface area (Å²) in [6, 6.07) is 66.0. The topological polar surface area (TPSA) is 62.4 Å². The number of aromatic nitrogens is 3. The molecule has 0 aliphatic carbocycles. The first-order valence-corrected chi connectivity index (χ1v) is 18.3.